The third-order valence-corrected chi connectivity index (χ3v) is 17.6. The van der Waals surface area contributed by atoms with Crippen LogP contribution in [0.5, 0.6) is 0 Å². The Balaban J connectivity index is 4.86. The van der Waals surface area contributed by atoms with Gasteiger partial charge in [0.2, 0.25) is 0 Å². The molecule has 0 unspecified atom stereocenters. The van der Waals surface area contributed by atoms with E-state index in [1.807, 2.05) is 41.2 Å². The largest absolute Gasteiger partial charge is 0.354 e. The summed E-state index contributed by atoms with van der Waals surface area (Å²) >= 11 is 0. The summed E-state index contributed by atoms with van der Waals surface area (Å²) in [6.45, 7) is 16.5. The molecule has 218 valence electrons. The fraction of sp³-hybridized carbons (Fsp3) is 1.00. The minimum Gasteiger partial charge on any atom is -0.354 e. The summed E-state index contributed by atoms with van der Waals surface area (Å²) < 4.78 is 25.7. The van der Waals surface area contributed by atoms with Gasteiger partial charge in [-0.2, -0.15) is 0 Å². The zero-order valence-electron chi connectivity index (χ0n) is 24.4. The fourth-order valence-electron chi connectivity index (χ4n) is 3.74. The summed E-state index contributed by atoms with van der Waals surface area (Å²) in [5.74, 6) is 1.86. The average molecular weight is 619 g/mol. The topological polar surface area (TPSA) is 36.9 Å². The Kier molecular flexibility index (Phi) is 28.1. The van der Waals surface area contributed by atoms with Crippen molar-refractivity contribution in [3.05, 3.63) is 0 Å². The lowest BCUT2D eigenvalue weighted by Crippen LogP contribution is -2.45. The van der Waals surface area contributed by atoms with Gasteiger partial charge < -0.3 is 18.9 Å². The molecule has 0 radical (unpaired) electrons. The molecule has 0 aromatic heterocycles. The highest BCUT2D eigenvalue weighted by atomic mass is 33.7. The van der Waals surface area contributed by atoms with Crippen LogP contribution in [-0.4, -0.2) is 67.8 Å². The summed E-state index contributed by atoms with van der Waals surface area (Å²) in [5.41, 5.74) is -0.625. The molecular formula is C26H58O4S4Si2. The van der Waals surface area contributed by atoms with Crippen LogP contribution in [0.1, 0.15) is 106 Å². The average Bonchev–Trinajstić information content (AvgIpc) is 2.90. The van der Waals surface area contributed by atoms with Gasteiger partial charge in [-0.25, -0.2) is 0 Å². The van der Waals surface area contributed by atoms with E-state index < -0.39 is 19.0 Å². The molecular weight excluding hydrogens is 561 g/mol. The smallest absolute Gasteiger partial charge is 0.154 e. The highest BCUT2D eigenvalue weighted by molar-refractivity contribution is 9.26. The van der Waals surface area contributed by atoms with Gasteiger partial charge in [0.15, 0.2) is 10.8 Å². The van der Waals surface area contributed by atoms with Gasteiger partial charge in [-0.1, -0.05) is 114 Å². The van der Waals surface area contributed by atoms with Gasteiger partial charge in [0.25, 0.3) is 0 Å². The second-order valence-electron chi connectivity index (χ2n) is 9.50. The standard InChI is InChI=1S/C26H58O4S4Si2/c1-7-13-15-21-35-25(27-17-9-3,28-18-10-4)23-31-33-34-32-24-26(29-19-11-5,30-20-12-6)36-22-16-14-8-2/h7-24,35-36H2,1-6H3. The van der Waals surface area contributed by atoms with E-state index in [9.17, 15) is 0 Å². The molecule has 0 aliphatic heterocycles. The molecule has 0 fully saturated rings. The molecule has 0 saturated heterocycles. The second-order valence-corrected chi connectivity index (χ2v) is 20.1. The van der Waals surface area contributed by atoms with Crippen LogP contribution in [0, 0.1) is 0 Å². The molecule has 0 rings (SSSR count). The first-order chi connectivity index (χ1) is 17.6. The SMILES string of the molecule is CCCCC[SiH2]C(CSSSSCC(OCCC)(OCCC)[SiH2]CCCCC)(OCCC)OCCC. The molecule has 4 nitrogen and oxygen atoms in total. The van der Waals surface area contributed by atoms with Gasteiger partial charge in [-0.3, -0.25) is 0 Å². The van der Waals surface area contributed by atoms with Gasteiger partial charge in [-0.15, -0.1) is 0 Å². The molecule has 36 heavy (non-hydrogen) atoms. The van der Waals surface area contributed by atoms with Crippen molar-refractivity contribution in [3.63, 3.8) is 0 Å². The van der Waals surface area contributed by atoms with E-state index in [2.05, 4.69) is 41.5 Å². The molecule has 0 aliphatic carbocycles. The molecule has 0 aromatic carbocycles. The normalized spacial score (nSPS) is 13.2. The predicted molar refractivity (Wildman–Crippen MR) is 176 cm³/mol. The van der Waals surface area contributed by atoms with E-state index in [1.54, 1.807) is 0 Å². The number of ether oxygens (including phenoxy) is 4. The Bertz CT molecular complexity index is 412. The lowest BCUT2D eigenvalue weighted by molar-refractivity contribution is -0.165. The number of unbranched alkanes of at least 4 members (excludes halogenated alkanes) is 4. The maximum atomic E-state index is 6.43. The van der Waals surface area contributed by atoms with Crippen molar-refractivity contribution in [1.82, 2.24) is 0 Å². The van der Waals surface area contributed by atoms with Crippen molar-refractivity contribution < 1.29 is 18.9 Å². The third kappa shape index (κ3) is 19.7. The van der Waals surface area contributed by atoms with Crippen molar-refractivity contribution >= 4 is 60.3 Å². The van der Waals surface area contributed by atoms with E-state index in [0.717, 1.165) is 63.6 Å². The van der Waals surface area contributed by atoms with Crippen LogP contribution in [0.4, 0.5) is 0 Å². The highest BCUT2D eigenvalue weighted by Crippen LogP contribution is 2.46. The van der Waals surface area contributed by atoms with Crippen LogP contribution in [0.25, 0.3) is 0 Å². The van der Waals surface area contributed by atoms with E-state index in [1.165, 1.54) is 50.6 Å². The van der Waals surface area contributed by atoms with Crippen molar-refractivity contribution in [1.29, 1.82) is 0 Å². The van der Waals surface area contributed by atoms with Gasteiger partial charge in [0.1, 0.15) is 0 Å². The van der Waals surface area contributed by atoms with Gasteiger partial charge in [0, 0.05) is 26.4 Å². The van der Waals surface area contributed by atoms with E-state index >= 15 is 0 Å². The van der Waals surface area contributed by atoms with E-state index in [0.29, 0.717) is 0 Å². The minimum absolute atomic E-state index is 0.312. The monoisotopic (exact) mass is 618 g/mol. The molecule has 0 saturated carbocycles. The Labute approximate surface area is 244 Å². The molecule has 0 amide bonds. The van der Waals surface area contributed by atoms with E-state index in [4.69, 9.17) is 18.9 Å². The van der Waals surface area contributed by atoms with Gasteiger partial charge in [-0.05, 0) is 45.3 Å². The molecule has 0 N–H and O–H groups in total. The van der Waals surface area contributed by atoms with Crippen LogP contribution >= 0.6 is 41.2 Å². The van der Waals surface area contributed by atoms with Gasteiger partial charge >= 0.3 is 0 Å². The summed E-state index contributed by atoms with van der Waals surface area (Å²) in [5, 5.41) is 0. The predicted octanol–water partition coefficient (Wildman–Crippen LogP) is 8.23. The van der Waals surface area contributed by atoms with Crippen LogP contribution in [-0.2, 0) is 18.9 Å². The Morgan fingerprint density at radius 1 is 0.472 bits per heavy atom. The zero-order chi connectivity index (χ0) is 26.8. The highest BCUT2D eigenvalue weighted by Gasteiger charge is 2.33. The Morgan fingerprint density at radius 2 is 0.806 bits per heavy atom. The summed E-state index contributed by atoms with van der Waals surface area (Å²) in [4.78, 5) is 0. The Hall–Kier alpha value is 1.67. The summed E-state index contributed by atoms with van der Waals surface area (Å²) in [7, 11) is 6.63. The molecule has 0 spiro atoms. The maximum absolute atomic E-state index is 6.43. The van der Waals surface area contributed by atoms with Crippen LogP contribution in [0.2, 0.25) is 12.1 Å². The zero-order valence-corrected chi connectivity index (χ0v) is 30.5. The molecule has 0 heterocycles. The fourth-order valence-corrected chi connectivity index (χ4v) is 16.0. The van der Waals surface area contributed by atoms with Gasteiger partial charge in [0.05, 0.1) is 30.5 Å². The summed E-state index contributed by atoms with van der Waals surface area (Å²) in [6.07, 6.45) is 12.0. The van der Waals surface area contributed by atoms with Crippen molar-refractivity contribution in [2.24, 2.45) is 0 Å². The third-order valence-electron chi connectivity index (χ3n) is 5.78. The first kappa shape index (κ1) is 37.7. The molecule has 0 atom stereocenters. The van der Waals surface area contributed by atoms with Crippen LogP contribution < -0.4 is 0 Å². The molecule has 0 bridgehead atoms. The molecule has 0 aliphatic rings. The maximum Gasteiger partial charge on any atom is 0.154 e. The van der Waals surface area contributed by atoms with Crippen molar-refractivity contribution in [3.8, 4) is 0 Å². The molecule has 10 heteroatoms. The number of hydrogen-bond acceptors (Lipinski definition) is 8. The van der Waals surface area contributed by atoms with Crippen molar-refractivity contribution in [2.45, 2.75) is 129 Å². The molecule has 0 aromatic rings. The Morgan fingerprint density at radius 3 is 1.08 bits per heavy atom. The first-order valence-corrected chi connectivity index (χ1v) is 23.3. The number of hydrogen-bond donors (Lipinski definition) is 0. The van der Waals surface area contributed by atoms with Crippen LogP contribution in [0.3, 0.4) is 0 Å². The van der Waals surface area contributed by atoms with Crippen LogP contribution in [0.15, 0.2) is 0 Å². The first-order valence-electron chi connectivity index (χ1n) is 14.7. The lowest BCUT2D eigenvalue weighted by atomic mass is 10.3. The second kappa shape index (κ2) is 26.9. The van der Waals surface area contributed by atoms with Crippen molar-refractivity contribution in [2.75, 3.05) is 37.9 Å². The summed E-state index contributed by atoms with van der Waals surface area (Å²) in [6, 6.07) is 2.62. The lowest BCUT2D eigenvalue weighted by Gasteiger charge is -2.34. The quantitative estimate of drug-likeness (QED) is 0.0359. The van der Waals surface area contributed by atoms with E-state index in [-0.39, 0.29) is 10.8 Å². The number of rotatable bonds is 29. The minimum atomic E-state index is -0.467.